The zero-order valence-electron chi connectivity index (χ0n) is 11.9. The second-order valence-corrected chi connectivity index (χ2v) is 6.62. The third kappa shape index (κ3) is 2.87. The quantitative estimate of drug-likeness (QED) is 0.496. The minimum Gasteiger partial charge on any atom is -0.453 e. The first-order valence-electron chi connectivity index (χ1n) is 6.85. The van der Waals surface area contributed by atoms with Crippen LogP contribution in [0.2, 0.25) is 0 Å². The fourth-order valence-corrected chi connectivity index (χ4v) is 3.87. The van der Waals surface area contributed by atoms with Gasteiger partial charge in [-0.05, 0) is 0 Å². The maximum Gasteiger partial charge on any atom is 0.356 e. The topological polar surface area (TPSA) is 89.7 Å². The van der Waals surface area contributed by atoms with E-state index in [2.05, 4.69) is 0 Å². The summed E-state index contributed by atoms with van der Waals surface area (Å²) >= 11 is 7.45. The average Bonchev–Trinajstić information content (AvgIpc) is 2.59. The largest absolute Gasteiger partial charge is 0.453 e. The van der Waals surface area contributed by atoms with Gasteiger partial charge in [0.25, 0.3) is 0 Å². The predicted octanol–water partition coefficient (Wildman–Crippen LogP) is 1.11. The summed E-state index contributed by atoms with van der Waals surface area (Å²) in [5.74, 6) is -1.11. The summed E-state index contributed by atoms with van der Waals surface area (Å²) in [6, 6.07) is 7.85. The van der Waals surface area contributed by atoms with E-state index in [9.17, 15) is 14.4 Å². The van der Waals surface area contributed by atoms with Gasteiger partial charge in [0, 0.05) is 11.3 Å². The number of rotatable bonds is 4. The molecule has 2 atom stereocenters. The van der Waals surface area contributed by atoms with Gasteiger partial charge in [0.1, 0.15) is 17.1 Å². The smallest absolute Gasteiger partial charge is 0.356 e. The van der Waals surface area contributed by atoms with Gasteiger partial charge in [-0.2, -0.15) is 0 Å². The Bertz CT molecular complexity index is 707. The number of esters is 1. The summed E-state index contributed by atoms with van der Waals surface area (Å²) in [6.45, 7) is -0.414. The lowest BCUT2D eigenvalue weighted by atomic mass is 10.1. The first kappa shape index (κ1) is 16.0. The molecule has 6 nitrogen and oxygen atoms in total. The number of carbonyl (C=O) groups excluding carboxylic acids is 3. The van der Waals surface area contributed by atoms with E-state index in [1.807, 2.05) is 0 Å². The summed E-state index contributed by atoms with van der Waals surface area (Å²) in [5.41, 5.74) is 6.13. The molecule has 8 heteroatoms. The molecule has 1 saturated heterocycles. The van der Waals surface area contributed by atoms with Crippen LogP contribution in [0.25, 0.3) is 0 Å². The third-order valence-electron chi connectivity index (χ3n) is 3.59. The molecule has 1 fully saturated rings. The van der Waals surface area contributed by atoms with E-state index in [1.54, 1.807) is 30.3 Å². The molecule has 1 aromatic rings. The minimum absolute atomic E-state index is 0.0111. The molecular weight excluding hydrogens is 340 g/mol. The normalized spacial score (nSPS) is 23.2. The van der Waals surface area contributed by atoms with Gasteiger partial charge < -0.3 is 10.5 Å². The first-order chi connectivity index (χ1) is 11.0. The van der Waals surface area contributed by atoms with Crippen LogP contribution in [0, 0.1) is 0 Å². The van der Waals surface area contributed by atoms with Crippen LogP contribution in [0.1, 0.15) is 10.4 Å². The second kappa shape index (κ2) is 6.35. The highest BCUT2D eigenvalue weighted by Crippen LogP contribution is 2.40. The van der Waals surface area contributed by atoms with Crippen molar-refractivity contribution >= 4 is 41.0 Å². The Hall–Kier alpha value is -1.83. The number of fused-ring (bicyclic) bond motifs is 1. The lowest BCUT2D eigenvalue weighted by molar-refractivity contribution is -0.150. The number of nitrogens with zero attached hydrogens (tertiary/aromatic N) is 1. The maximum atomic E-state index is 12.2. The minimum atomic E-state index is -0.787. The van der Waals surface area contributed by atoms with E-state index >= 15 is 0 Å². The van der Waals surface area contributed by atoms with Gasteiger partial charge in [-0.3, -0.25) is 14.5 Å². The number of amides is 1. The monoisotopic (exact) mass is 352 g/mol. The van der Waals surface area contributed by atoms with Crippen molar-refractivity contribution in [2.24, 2.45) is 5.73 Å². The fraction of sp³-hybridized carbons (Fsp3) is 0.267. The molecule has 0 radical (unpaired) electrons. The number of benzene rings is 1. The van der Waals surface area contributed by atoms with Crippen LogP contribution in [-0.4, -0.2) is 46.3 Å². The molecule has 1 amide bonds. The van der Waals surface area contributed by atoms with Crippen LogP contribution in [0.5, 0.6) is 0 Å². The number of ketones is 1. The van der Waals surface area contributed by atoms with Crippen LogP contribution in [0.3, 0.4) is 0 Å². The van der Waals surface area contributed by atoms with E-state index in [0.717, 1.165) is 0 Å². The molecule has 0 aliphatic carbocycles. The Morgan fingerprint density at radius 3 is 2.74 bits per heavy atom. The van der Waals surface area contributed by atoms with Gasteiger partial charge in [-0.15, -0.1) is 11.8 Å². The molecular formula is C15H13ClN2O4S. The SMILES string of the molecule is N[C@@H]1C(=O)N2C(C(=O)OCC(=O)c3ccccc3)=C(Cl)CS[C@H]12. The Morgan fingerprint density at radius 2 is 2.04 bits per heavy atom. The molecule has 0 bridgehead atoms. The number of carbonyl (C=O) groups is 3. The van der Waals surface area contributed by atoms with Gasteiger partial charge in [0.2, 0.25) is 5.91 Å². The molecule has 0 saturated carbocycles. The summed E-state index contributed by atoms with van der Waals surface area (Å²) in [6.07, 6.45) is 0. The lowest BCUT2D eigenvalue weighted by Gasteiger charge is -2.47. The first-order valence-corrected chi connectivity index (χ1v) is 8.27. The molecule has 0 aromatic heterocycles. The molecule has 120 valence electrons. The molecule has 2 aliphatic heterocycles. The zero-order chi connectivity index (χ0) is 16.6. The molecule has 2 N–H and O–H groups in total. The zero-order valence-corrected chi connectivity index (χ0v) is 13.5. The highest BCUT2D eigenvalue weighted by atomic mass is 35.5. The highest BCUT2D eigenvalue weighted by Gasteiger charge is 2.52. The van der Waals surface area contributed by atoms with Gasteiger partial charge in [-0.1, -0.05) is 41.9 Å². The van der Waals surface area contributed by atoms with Crippen molar-refractivity contribution in [3.8, 4) is 0 Å². The molecule has 2 heterocycles. The Labute approximate surface area is 141 Å². The van der Waals surface area contributed by atoms with E-state index in [0.29, 0.717) is 11.3 Å². The van der Waals surface area contributed by atoms with Crippen LogP contribution in [-0.2, 0) is 14.3 Å². The molecule has 0 spiro atoms. The van der Waals surface area contributed by atoms with Crippen molar-refractivity contribution in [1.29, 1.82) is 0 Å². The van der Waals surface area contributed by atoms with Crippen molar-refractivity contribution in [3.63, 3.8) is 0 Å². The molecule has 3 rings (SSSR count). The van der Waals surface area contributed by atoms with Crippen LogP contribution >= 0.6 is 23.4 Å². The molecule has 2 aliphatic rings. The Kier molecular flexibility index (Phi) is 4.43. The molecule has 1 aromatic carbocycles. The van der Waals surface area contributed by atoms with Crippen molar-refractivity contribution in [3.05, 3.63) is 46.6 Å². The summed E-state index contributed by atoms with van der Waals surface area (Å²) in [4.78, 5) is 37.3. The second-order valence-electron chi connectivity index (χ2n) is 5.05. The number of hydrogen-bond donors (Lipinski definition) is 1. The number of ether oxygens (including phenoxy) is 1. The number of halogens is 1. The van der Waals surface area contributed by atoms with Crippen molar-refractivity contribution in [2.45, 2.75) is 11.4 Å². The Morgan fingerprint density at radius 1 is 1.35 bits per heavy atom. The summed E-state index contributed by atoms with van der Waals surface area (Å²) in [5, 5.41) is -0.0824. The third-order valence-corrected chi connectivity index (χ3v) is 5.36. The summed E-state index contributed by atoms with van der Waals surface area (Å²) in [7, 11) is 0. The van der Waals surface area contributed by atoms with Crippen molar-refractivity contribution in [1.82, 2.24) is 4.90 Å². The Balaban J connectivity index is 1.68. The number of Topliss-reactive ketones (excluding diaryl/α,β-unsaturated/α-hetero) is 1. The van der Waals surface area contributed by atoms with E-state index < -0.39 is 18.6 Å². The van der Waals surface area contributed by atoms with E-state index in [-0.39, 0.29) is 27.8 Å². The molecule has 23 heavy (non-hydrogen) atoms. The van der Waals surface area contributed by atoms with Gasteiger partial charge in [0.05, 0.1) is 5.03 Å². The van der Waals surface area contributed by atoms with Crippen LogP contribution in [0.15, 0.2) is 41.1 Å². The predicted molar refractivity (Wildman–Crippen MR) is 85.7 cm³/mol. The summed E-state index contributed by atoms with van der Waals surface area (Å²) < 4.78 is 5.03. The molecule has 0 unspecified atom stereocenters. The average molecular weight is 353 g/mol. The van der Waals surface area contributed by atoms with Crippen LogP contribution < -0.4 is 5.73 Å². The van der Waals surface area contributed by atoms with Gasteiger partial charge >= 0.3 is 5.97 Å². The van der Waals surface area contributed by atoms with Crippen molar-refractivity contribution in [2.75, 3.05) is 12.4 Å². The van der Waals surface area contributed by atoms with Crippen molar-refractivity contribution < 1.29 is 19.1 Å². The number of thioether (sulfide) groups is 1. The lowest BCUT2D eigenvalue weighted by Crippen LogP contribution is -2.68. The van der Waals surface area contributed by atoms with Gasteiger partial charge in [0.15, 0.2) is 12.4 Å². The number of β-lactam (4-membered cyclic amide) rings is 1. The standard InChI is InChI=1S/C15H13ClN2O4S/c16-9-7-23-14-11(17)13(20)18(14)12(9)15(21)22-6-10(19)8-4-2-1-3-5-8/h1-5,11,14H,6-7,17H2/t11-,14-/m1/s1. The van der Waals surface area contributed by atoms with E-state index in [4.69, 9.17) is 22.1 Å². The fourth-order valence-electron chi connectivity index (χ4n) is 2.38. The van der Waals surface area contributed by atoms with E-state index in [1.165, 1.54) is 16.7 Å². The highest BCUT2D eigenvalue weighted by molar-refractivity contribution is 8.00. The maximum absolute atomic E-state index is 12.2. The number of hydrogen-bond acceptors (Lipinski definition) is 6. The number of nitrogens with two attached hydrogens (primary N) is 1. The van der Waals surface area contributed by atoms with Crippen LogP contribution in [0.4, 0.5) is 0 Å². The van der Waals surface area contributed by atoms with Gasteiger partial charge in [-0.25, -0.2) is 4.79 Å².